The van der Waals surface area contributed by atoms with E-state index in [-0.39, 0.29) is 0 Å². The molecule has 1 aromatic heterocycles. The fraction of sp³-hybridized carbons (Fsp3) is 0.643. The fourth-order valence-electron chi connectivity index (χ4n) is 1.81. The third kappa shape index (κ3) is 4.46. The number of unbranched alkanes of at least 4 members (excludes halogenated alkanes) is 3. The zero-order valence-electron chi connectivity index (χ0n) is 10.3. The molecule has 1 aromatic rings. The molecule has 0 fully saturated rings. The third-order valence-corrected chi connectivity index (χ3v) is 2.99. The van der Waals surface area contributed by atoms with Crippen LogP contribution in [0.5, 0.6) is 0 Å². The number of aryl methyl sites for hydroxylation is 1. The Bertz CT molecular complexity index is 263. The van der Waals surface area contributed by atoms with Crippen LogP contribution in [0.15, 0.2) is 18.3 Å². The lowest BCUT2D eigenvalue weighted by molar-refractivity contribution is 0.579. The van der Waals surface area contributed by atoms with Crippen molar-refractivity contribution in [2.75, 3.05) is 0 Å². The highest BCUT2D eigenvalue weighted by Gasteiger charge is 2.04. The maximum atomic E-state index is 4.34. The molecule has 0 N–H and O–H groups in total. The van der Waals surface area contributed by atoms with Crippen LogP contribution in [0.3, 0.4) is 0 Å². The average Bonchev–Trinajstić information content (AvgIpc) is 2.25. The molecule has 1 heterocycles. The molecule has 1 nitrogen and oxygen atoms in total. The van der Waals surface area contributed by atoms with E-state index in [4.69, 9.17) is 0 Å². The first-order valence-corrected chi connectivity index (χ1v) is 6.16. The first-order valence-electron chi connectivity index (χ1n) is 6.16. The van der Waals surface area contributed by atoms with Crippen LogP contribution in [-0.2, 0) is 0 Å². The number of nitrogens with zero attached hydrogens (tertiary/aromatic N) is 1. The Hall–Kier alpha value is -0.850. The lowest BCUT2D eigenvalue weighted by Crippen LogP contribution is -1.95. The van der Waals surface area contributed by atoms with Crippen LogP contribution in [0, 0.1) is 6.92 Å². The zero-order valence-corrected chi connectivity index (χ0v) is 10.3. The smallest absolute Gasteiger partial charge is 0.0372 e. The summed E-state index contributed by atoms with van der Waals surface area (Å²) in [7, 11) is 0. The van der Waals surface area contributed by atoms with Gasteiger partial charge in [-0.25, -0.2) is 0 Å². The highest BCUT2D eigenvalue weighted by atomic mass is 14.7. The van der Waals surface area contributed by atoms with E-state index < -0.39 is 0 Å². The molecule has 0 aromatic carbocycles. The normalized spacial score (nSPS) is 12.7. The number of hydrogen-bond acceptors (Lipinski definition) is 1. The van der Waals surface area contributed by atoms with Crippen molar-refractivity contribution in [3.05, 3.63) is 29.6 Å². The molecule has 0 radical (unpaired) electrons. The molecule has 1 heteroatoms. The van der Waals surface area contributed by atoms with Gasteiger partial charge in [-0.3, -0.25) is 4.98 Å². The monoisotopic (exact) mass is 205 g/mol. The molecule has 0 aliphatic heterocycles. The van der Waals surface area contributed by atoms with Gasteiger partial charge in [-0.15, -0.1) is 0 Å². The summed E-state index contributed by atoms with van der Waals surface area (Å²) in [6.45, 7) is 6.60. The second-order valence-corrected chi connectivity index (χ2v) is 4.48. The summed E-state index contributed by atoms with van der Waals surface area (Å²) < 4.78 is 0. The molecular formula is C14H23N. The van der Waals surface area contributed by atoms with Gasteiger partial charge in [0.05, 0.1) is 0 Å². The zero-order chi connectivity index (χ0) is 11.1. The molecular weight excluding hydrogens is 182 g/mol. The Balaban J connectivity index is 2.33. The van der Waals surface area contributed by atoms with Crippen molar-refractivity contribution in [2.24, 2.45) is 0 Å². The molecule has 0 saturated heterocycles. The van der Waals surface area contributed by atoms with Crippen LogP contribution in [0.25, 0.3) is 0 Å². The Kier molecular flexibility index (Phi) is 5.38. The van der Waals surface area contributed by atoms with Crippen molar-refractivity contribution in [1.82, 2.24) is 4.98 Å². The minimum absolute atomic E-state index is 0.662. The molecule has 84 valence electrons. The number of aromatic nitrogens is 1. The highest BCUT2D eigenvalue weighted by Crippen LogP contribution is 2.21. The maximum absolute atomic E-state index is 4.34. The summed E-state index contributed by atoms with van der Waals surface area (Å²) in [5, 5.41) is 0. The Morgan fingerprint density at radius 2 is 2.00 bits per heavy atom. The van der Waals surface area contributed by atoms with E-state index in [9.17, 15) is 0 Å². The molecule has 0 bridgehead atoms. The molecule has 0 aliphatic carbocycles. The van der Waals surface area contributed by atoms with Gasteiger partial charge in [-0.1, -0.05) is 45.6 Å². The van der Waals surface area contributed by atoms with Crippen LogP contribution in [-0.4, -0.2) is 4.98 Å². The van der Waals surface area contributed by atoms with Crippen molar-refractivity contribution in [3.63, 3.8) is 0 Å². The summed E-state index contributed by atoms with van der Waals surface area (Å²) in [5.74, 6) is 0.662. The minimum Gasteiger partial charge on any atom is -0.261 e. The Labute approximate surface area is 93.9 Å². The van der Waals surface area contributed by atoms with Crippen molar-refractivity contribution >= 4 is 0 Å². The molecule has 0 aliphatic rings. The van der Waals surface area contributed by atoms with Gasteiger partial charge in [-0.2, -0.15) is 0 Å². The third-order valence-electron chi connectivity index (χ3n) is 2.99. The Morgan fingerprint density at radius 3 is 2.60 bits per heavy atom. The number of rotatable bonds is 6. The average molecular weight is 205 g/mol. The van der Waals surface area contributed by atoms with Gasteiger partial charge in [0, 0.05) is 11.9 Å². The molecule has 0 spiro atoms. The van der Waals surface area contributed by atoms with Gasteiger partial charge >= 0.3 is 0 Å². The standard InChI is InChI=1S/C14H23N/c1-4-5-6-7-8-12(2)14-10-9-13(3)15-11-14/h9-12H,4-8H2,1-3H3. The Morgan fingerprint density at radius 1 is 1.20 bits per heavy atom. The number of pyridine rings is 1. The second kappa shape index (κ2) is 6.60. The van der Waals surface area contributed by atoms with Crippen molar-refractivity contribution in [1.29, 1.82) is 0 Å². The fourth-order valence-corrected chi connectivity index (χ4v) is 1.81. The molecule has 0 amide bonds. The summed E-state index contributed by atoms with van der Waals surface area (Å²) in [4.78, 5) is 4.34. The summed E-state index contributed by atoms with van der Waals surface area (Å²) in [6, 6.07) is 4.32. The van der Waals surface area contributed by atoms with Crippen LogP contribution in [0.2, 0.25) is 0 Å². The summed E-state index contributed by atoms with van der Waals surface area (Å²) in [6.07, 6.45) is 8.74. The topological polar surface area (TPSA) is 12.9 Å². The van der Waals surface area contributed by atoms with Gasteiger partial charge in [0.15, 0.2) is 0 Å². The van der Waals surface area contributed by atoms with Crippen LogP contribution in [0.1, 0.15) is 63.1 Å². The van der Waals surface area contributed by atoms with E-state index in [1.807, 2.05) is 13.1 Å². The lowest BCUT2D eigenvalue weighted by Gasteiger charge is -2.11. The molecule has 1 unspecified atom stereocenters. The van der Waals surface area contributed by atoms with Gasteiger partial charge in [0.1, 0.15) is 0 Å². The van der Waals surface area contributed by atoms with E-state index in [1.54, 1.807) is 0 Å². The largest absolute Gasteiger partial charge is 0.261 e. The highest BCUT2D eigenvalue weighted by molar-refractivity contribution is 5.16. The van der Waals surface area contributed by atoms with Gasteiger partial charge in [0.25, 0.3) is 0 Å². The maximum Gasteiger partial charge on any atom is 0.0372 e. The first-order chi connectivity index (χ1) is 7.24. The molecule has 1 atom stereocenters. The van der Waals surface area contributed by atoms with Crippen molar-refractivity contribution in [3.8, 4) is 0 Å². The number of hydrogen-bond donors (Lipinski definition) is 0. The van der Waals surface area contributed by atoms with Crippen LogP contribution < -0.4 is 0 Å². The van der Waals surface area contributed by atoms with E-state index in [0.717, 1.165) is 5.69 Å². The first kappa shape index (κ1) is 12.2. The minimum atomic E-state index is 0.662. The van der Waals surface area contributed by atoms with Crippen LogP contribution in [0.4, 0.5) is 0 Å². The van der Waals surface area contributed by atoms with E-state index >= 15 is 0 Å². The molecule has 15 heavy (non-hydrogen) atoms. The predicted molar refractivity (Wildman–Crippen MR) is 66.1 cm³/mol. The molecule has 1 rings (SSSR count). The van der Waals surface area contributed by atoms with Gasteiger partial charge in [-0.05, 0) is 30.9 Å². The van der Waals surface area contributed by atoms with Crippen molar-refractivity contribution < 1.29 is 0 Å². The van der Waals surface area contributed by atoms with Gasteiger partial charge in [0.2, 0.25) is 0 Å². The van der Waals surface area contributed by atoms with E-state index in [2.05, 4.69) is 31.0 Å². The van der Waals surface area contributed by atoms with Crippen molar-refractivity contribution in [2.45, 2.75) is 58.8 Å². The summed E-state index contributed by atoms with van der Waals surface area (Å²) >= 11 is 0. The molecule has 0 saturated carbocycles. The predicted octanol–water partition coefficient (Wildman–Crippen LogP) is 4.46. The quantitative estimate of drug-likeness (QED) is 0.625. The van der Waals surface area contributed by atoms with Crippen LogP contribution >= 0.6 is 0 Å². The second-order valence-electron chi connectivity index (χ2n) is 4.48. The SMILES string of the molecule is CCCCCCC(C)c1ccc(C)nc1. The van der Waals surface area contributed by atoms with E-state index in [1.165, 1.54) is 37.7 Å². The van der Waals surface area contributed by atoms with Gasteiger partial charge < -0.3 is 0 Å². The van der Waals surface area contributed by atoms with E-state index in [0.29, 0.717) is 5.92 Å². The summed E-state index contributed by atoms with van der Waals surface area (Å²) in [5.41, 5.74) is 2.49. The lowest BCUT2D eigenvalue weighted by atomic mass is 9.96.